The predicted molar refractivity (Wildman–Crippen MR) is 86.6 cm³/mol. The van der Waals surface area contributed by atoms with E-state index in [0.29, 0.717) is 0 Å². The molecule has 1 saturated heterocycles. The van der Waals surface area contributed by atoms with Gasteiger partial charge in [0, 0.05) is 36.4 Å². The number of nitrogens with one attached hydrogen (secondary N) is 1. The number of anilines is 2. The summed E-state index contributed by atoms with van der Waals surface area (Å²) in [5.74, 6) is 0.206. The zero-order valence-corrected chi connectivity index (χ0v) is 12.8. The number of rotatable bonds is 3. The third-order valence-electron chi connectivity index (χ3n) is 4.78. The summed E-state index contributed by atoms with van der Waals surface area (Å²) in [5.41, 5.74) is 9.23. The van der Waals surface area contributed by atoms with E-state index in [4.69, 9.17) is 5.73 Å². The fourth-order valence-corrected chi connectivity index (χ4v) is 3.45. The molecule has 2 unspecified atom stereocenters. The molecule has 0 bridgehead atoms. The topological polar surface area (TPSA) is 58.4 Å². The molecule has 4 nitrogen and oxygen atoms in total. The van der Waals surface area contributed by atoms with Crippen LogP contribution in [0.15, 0.2) is 18.2 Å². The summed E-state index contributed by atoms with van der Waals surface area (Å²) in [4.78, 5) is 14.7. The molecule has 21 heavy (non-hydrogen) atoms. The van der Waals surface area contributed by atoms with E-state index < -0.39 is 0 Å². The molecule has 1 saturated carbocycles. The van der Waals surface area contributed by atoms with Crippen molar-refractivity contribution >= 4 is 17.3 Å². The number of carbonyl (C=O) groups is 1. The van der Waals surface area contributed by atoms with Crippen LogP contribution in [0.4, 0.5) is 11.4 Å². The lowest BCUT2D eigenvalue weighted by Gasteiger charge is -2.20. The molecule has 2 fully saturated rings. The second-order valence-electron chi connectivity index (χ2n) is 6.45. The van der Waals surface area contributed by atoms with Crippen molar-refractivity contribution in [3.05, 3.63) is 23.8 Å². The maximum absolute atomic E-state index is 12.3. The Hall–Kier alpha value is -1.55. The zero-order valence-electron chi connectivity index (χ0n) is 12.8. The summed E-state index contributed by atoms with van der Waals surface area (Å²) < 4.78 is 0. The van der Waals surface area contributed by atoms with Crippen LogP contribution in [-0.4, -0.2) is 25.0 Å². The summed E-state index contributed by atoms with van der Waals surface area (Å²) in [6, 6.07) is 6.53. The molecule has 2 atom stereocenters. The number of hydrogen-bond donors (Lipinski definition) is 2. The zero-order chi connectivity index (χ0) is 14.8. The Bertz CT molecular complexity index is 523. The third kappa shape index (κ3) is 3.21. The highest BCUT2D eigenvalue weighted by Gasteiger charge is 2.28. The summed E-state index contributed by atoms with van der Waals surface area (Å²) in [7, 11) is 0. The van der Waals surface area contributed by atoms with Crippen molar-refractivity contribution in [1.29, 1.82) is 0 Å². The smallest absolute Gasteiger partial charge is 0.227 e. The van der Waals surface area contributed by atoms with Crippen LogP contribution < -0.4 is 16.0 Å². The molecule has 1 aliphatic heterocycles. The Labute approximate surface area is 126 Å². The molecular weight excluding hydrogens is 262 g/mol. The van der Waals surface area contributed by atoms with E-state index in [9.17, 15) is 4.79 Å². The highest BCUT2D eigenvalue weighted by atomic mass is 16.1. The van der Waals surface area contributed by atoms with Gasteiger partial charge in [-0.05, 0) is 62.8 Å². The summed E-state index contributed by atoms with van der Waals surface area (Å²) >= 11 is 0. The molecule has 0 spiro atoms. The van der Waals surface area contributed by atoms with Crippen molar-refractivity contribution in [2.45, 2.75) is 45.1 Å². The molecule has 1 amide bonds. The van der Waals surface area contributed by atoms with Gasteiger partial charge in [-0.3, -0.25) is 4.79 Å². The maximum Gasteiger partial charge on any atom is 0.227 e. The minimum absolute atomic E-state index is 0.0812. The van der Waals surface area contributed by atoms with Gasteiger partial charge in [-0.15, -0.1) is 0 Å². The number of hydrogen-bond acceptors (Lipinski definition) is 3. The van der Waals surface area contributed by atoms with Crippen LogP contribution in [0, 0.1) is 12.8 Å². The van der Waals surface area contributed by atoms with E-state index in [-0.39, 0.29) is 17.9 Å². The molecule has 0 aromatic heterocycles. The third-order valence-corrected chi connectivity index (χ3v) is 4.78. The first-order valence-corrected chi connectivity index (χ1v) is 8.05. The van der Waals surface area contributed by atoms with Crippen LogP contribution in [-0.2, 0) is 4.79 Å². The van der Waals surface area contributed by atoms with E-state index in [0.717, 1.165) is 43.6 Å². The highest BCUT2D eigenvalue weighted by Crippen LogP contribution is 2.28. The first-order valence-electron chi connectivity index (χ1n) is 8.05. The van der Waals surface area contributed by atoms with Crippen molar-refractivity contribution < 1.29 is 4.79 Å². The Morgan fingerprint density at radius 3 is 2.67 bits per heavy atom. The van der Waals surface area contributed by atoms with Crippen LogP contribution in [0.3, 0.4) is 0 Å². The van der Waals surface area contributed by atoms with E-state index in [1.165, 1.54) is 18.5 Å². The highest BCUT2D eigenvalue weighted by molar-refractivity contribution is 5.93. The lowest BCUT2D eigenvalue weighted by atomic mass is 10.1. The number of nitrogens with two attached hydrogens (primary N) is 1. The molecule has 1 aliphatic carbocycles. The predicted octanol–water partition coefficient (Wildman–Crippen LogP) is 2.66. The quantitative estimate of drug-likeness (QED) is 0.898. The van der Waals surface area contributed by atoms with E-state index in [1.54, 1.807) is 0 Å². The Balaban J connectivity index is 1.66. The van der Waals surface area contributed by atoms with Gasteiger partial charge in [-0.25, -0.2) is 0 Å². The largest absolute Gasteiger partial charge is 0.372 e. The summed E-state index contributed by atoms with van der Waals surface area (Å²) in [6.45, 7) is 4.35. The van der Waals surface area contributed by atoms with Gasteiger partial charge >= 0.3 is 0 Å². The molecule has 4 heteroatoms. The van der Waals surface area contributed by atoms with E-state index in [1.807, 2.05) is 6.07 Å². The Morgan fingerprint density at radius 2 is 2.05 bits per heavy atom. The summed E-state index contributed by atoms with van der Waals surface area (Å²) in [6.07, 6.45) is 5.25. The maximum atomic E-state index is 12.3. The average Bonchev–Trinajstić information content (AvgIpc) is 3.12. The Kier molecular flexibility index (Phi) is 4.15. The number of carbonyl (C=O) groups excluding carboxylic acids is 1. The lowest BCUT2D eigenvalue weighted by Crippen LogP contribution is -2.23. The fraction of sp³-hybridized carbons (Fsp3) is 0.588. The first kappa shape index (κ1) is 14.4. The second-order valence-corrected chi connectivity index (χ2v) is 6.45. The van der Waals surface area contributed by atoms with Gasteiger partial charge in [-0.2, -0.15) is 0 Å². The minimum atomic E-state index is 0.0812. The van der Waals surface area contributed by atoms with Gasteiger partial charge in [-0.1, -0.05) is 0 Å². The van der Waals surface area contributed by atoms with Crippen molar-refractivity contribution in [3.63, 3.8) is 0 Å². The molecule has 0 radical (unpaired) electrons. The monoisotopic (exact) mass is 287 g/mol. The number of aryl methyl sites for hydroxylation is 1. The van der Waals surface area contributed by atoms with Gasteiger partial charge in [0.25, 0.3) is 0 Å². The fourth-order valence-electron chi connectivity index (χ4n) is 3.45. The standard InChI is InChI=1S/C17H25N3O/c1-12-10-15(20-8-2-3-9-20)6-7-16(12)19-17(21)13-4-5-14(18)11-13/h6-7,10,13-14H,2-5,8-9,11,18H2,1H3,(H,19,21). The number of benzene rings is 1. The normalized spacial score (nSPS) is 25.3. The van der Waals surface area contributed by atoms with E-state index >= 15 is 0 Å². The van der Waals surface area contributed by atoms with Crippen LogP contribution in [0.25, 0.3) is 0 Å². The Morgan fingerprint density at radius 1 is 1.29 bits per heavy atom. The van der Waals surface area contributed by atoms with Gasteiger partial charge in [0.1, 0.15) is 0 Å². The van der Waals surface area contributed by atoms with Crippen molar-refractivity contribution in [3.8, 4) is 0 Å². The van der Waals surface area contributed by atoms with Crippen molar-refractivity contribution in [2.75, 3.05) is 23.3 Å². The van der Waals surface area contributed by atoms with Crippen LogP contribution >= 0.6 is 0 Å². The minimum Gasteiger partial charge on any atom is -0.372 e. The van der Waals surface area contributed by atoms with Crippen molar-refractivity contribution in [2.24, 2.45) is 11.7 Å². The van der Waals surface area contributed by atoms with E-state index in [2.05, 4.69) is 29.3 Å². The molecule has 1 heterocycles. The molecule has 2 aliphatic rings. The van der Waals surface area contributed by atoms with Gasteiger partial charge in [0.2, 0.25) is 5.91 Å². The van der Waals surface area contributed by atoms with Gasteiger partial charge < -0.3 is 16.0 Å². The van der Waals surface area contributed by atoms with Crippen LogP contribution in [0.2, 0.25) is 0 Å². The SMILES string of the molecule is Cc1cc(N2CCCC2)ccc1NC(=O)C1CCC(N)C1. The molecule has 1 aromatic rings. The lowest BCUT2D eigenvalue weighted by molar-refractivity contribution is -0.119. The molecule has 3 N–H and O–H groups in total. The van der Waals surface area contributed by atoms with Crippen LogP contribution in [0.5, 0.6) is 0 Å². The van der Waals surface area contributed by atoms with Gasteiger partial charge in [0.05, 0.1) is 0 Å². The van der Waals surface area contributed by atoms with Gasteiger partial charge in [0.15, 0.2) is 0 Å². The molecular formula is C17H25N3O. The summed E-state index contributed by atoms with van der Waals surface area (Å²) in [5, 5.41) is 3.08. The number of nitrogens with zero attached hydrogens (tertiary/aromatic N) is 1. The first-order chi connectivity index (χ1) is 10.1. The average molecular weight is 287 g/mol. The number of amides is 1. The van der Waals surface area contributed by atoms with Crippen molar-refractivity contribution in [1.82, 2.24) is 0 Å². The molecule has 1 aromatic carbocycles. The molecule has 114 valence electrons. The van der Waals surface area contributed by atoms with Crippen LogP contribution in [0.1, 0.15) is 37.7 Å². The second kappa shape index (κ2) is 6.06. The molecule has 3 rings (SSSR count).